The maximum Gasteiger partial charge on any atom is 0.253 e. The molecule has 2 aromatic carbocycles. The first-order valence-electron chi connectivity index (χ1n) is 7.55. The van der Waals surface area contributed by atoms with Gasteiger partial charge in [0.1, 0.15) is 5.75 Å². The first-order chi connectivity index (χ1) is 11.5. The molecule has 24 heavy (non-hydrogen) atoms. The van der Waals surface area contributed by atoms with Crippen molar-refractivity contribution in [2.75, 3.05) is 11.9 Å². The largest absolute Gasteiger partial charge is 0.491 e. The van der Waals surface area contributed by atoms with Crippen LogP contribution in [0, 0.1) is 0 Å². The highest BCUT2D eigenvalue weighted by Gasteiger charge is 2.11. The lowest BCUT2D eigenvalue weighted by atomic mass is 10.2. The Morgan fingerprint density at radius 2 is 1.75 bits per heavy atom. The Kier molecular flexibility index (Phi) is 6.21. The van der Waals surface area contributed by atoms with Crippen LogP contribution in [0.15, 0.2) is 48.5 Å². The summed E-state index contributed by atoms with van der Waals surface area (Å²) in [5.74, 6) is 0.0133. The summed E-state index contributed by atoms with van der Waals surface area (Å²) in [4.78, 5) is 23.9. The summed E-state index contributed by atoms with van der Waals surface area (Å²) >= 11 is 5.94. The van der Waals surface area contributed by atoms with Gasteiger partial charge in [0.15, 0.2) is 0 Å². The van der Waals surface area contributed by atoms with Crippen LogP contribution in [0.4, 0.5) is 5.69 Å². The van der Waals surface area contributed by atoms with Crippen molar-refractivity contribution < 1.29 is 14.3 Å². The number of nitrogens with one attached hydrogen (secondary N) is 2. The minimum Gasteiger partial charge on any atom is -0.491 e. The topological polar surface area (TPSA) is 67.4 Å². The van der Waals surface area contributed by atoms with Gasteiger partial charge in [-0.05, 0) is 50.2 Å². The van der Waals surface area contributed by atoms with Crippen LogP contribution >= 0.6 is 11.6 Å². The Morgan fingerprint density at radius 3 is 2.38 bits per heavy atom. The second kappa shape index (κ2) is 8.36. The van der Waals surface area contributed by atoms with E-state index in [0.29, 0.717) is 16.3 Å². The first kappa shape index (κ1) is 17.8. The molecule has 0 radical (unpaired) electrons. The van der Waals surface area contributed by atoms with Crippen molar-refractivity contribution in [2.45, 2.75) is 20.0 Å². The summed E-state index contributed by atoms with van der Waals surface area (Å²) in [5.41, 5.74) is 0.963. The predicted octanol–water partition coefficient (Wildman–Crippen LogP) is 3.50. The highest BCUT2D eigenvalue weighted by atomic mass is 35.5. The number of hydrogen-bond acceptors (Lipinski definition) is 3. The molecule has 2 aromatic rings. The van der Waals surface area contributed by atoms with Gasteiger partial charge in [0, 0.05) is 5.69 Å². The number of hydrogen-bond donors (Lipinski definition) is 2. The van der Waals surface area contributed by atoms with E-state index >= 15 is 0 Å². The maximum atomic E-state index is 12.0. The molecule has 0 bridgehead atoms. The summed E-state index contributed by atoms with van der Waals surface area (Å²) in [6.45, 7) is 3.74. The van der Waals surface area contributed by atoms with E-state index in [9.17, 15) is 9.59 Å². The van der Waals surface area contributed by atoms with E-state index in [1.807, 2.05) is 13.8 Å². The van der Waals surface area contributed by atoms with E-state index in [2.05, 4.69) is 10.6 Å². The van der Waals surface area contributed by atoms with Crippen molar-refractivity contribution >= 4 is 29.1 Å². The van der Waals surface area contributed by atoms with Crippen molar-refractivity contribution in [2.24, 2.45) is 0 Å². The second-order valence-electron chi connectivity index (χ2n) is 5.40. The van der Waals surface area contributed by atoms with Crippen LogP contribution in [-0.4, -0.2) is 24.5 Å². The molecule has 0 fully saturated rings. The number of benzene rings is 2. The number of rotatable bonds is 6. The predicted molar refractivity (Wildman–Crippen MR) is 94.6 cm³/mol. The lowest BCUT2D eigenvalue weighted by Crippen LogP contribution is -2.33. The van der Waals surface area contributed by atoms with Crippen molar-refractivity contribution in [3.05, 3.63) is 59.1 Å². The van der Waals surface area contributed by atoms with E-state index in [4.69, 9.17) is 16.3 Å². The van der Waals surface area contributed by atoms with Crippen LogP contribution in [0.2, 0.25) is 5.02 Å². The standard InChI is InChI=1S/C18H19ClN2O3/c1-12(2)24-14-9-7-13(8-10-14)21-17(22)11-20-18(23)15-5-3-4-6-16(15)19/h3-10,12H,11H2,1-2H3,(H,20,23)(H,21,22). The normalized spacial score (nSPS) is 10.3. The zero-order chi connectivity index (χ0) is 17.5. The van der Waals surface area contributed by atoms with E-state index < -0.39 is 5.91 Å². The Labute approximate surface area is 146 Å². The molecule has 0 saturated heterocycles. The van der Waals surface area contributed by atoms with Gasteiger partial charge in [-0.15, -0.1) is 0 Å². The van der Waals surface area contributed by atoms with Gasteiger partial charge in [0.05, 0.1) is 23.2 Å². The molecular weight excluding hydrogens is 328 g/mol. The summed E-state index contributed by atoms with van der Waals surface area (Å²) in [5, 5.41) is 5.58. The smallest absolute Gasteiger partial charge is 0.253 e. The van der Waals surface area contributed by atoms with Gasteiger partial charge in [0.2, 0.25) is 5.91 Å². The molecule has 0 aliphatic heterocycles. The number of halogens is 1. The van der Waals surface area contributed by atoms with Crippen molar-refractivity contribution in [1.29, 1.82) is 0 Å². The third-order valence-electron chi connectivity index (χ3n) is 3.04. The van der Waals surface area contributed by atoms with Gasteiger partial charge in [-0.2, -0.15) is 0 Å². The SMILES string of the molecule is CC(C)Oc1ccc(NC(=O)CNC(=O)c2ccccc2Cl)cc1. The zero-order valence-corrected chi connectivity index (χ0v) is 14.3. The quantitative estimate of drug-likeness (QED) is 0.841. The molecule has 2 rings (SSSR count). The number of ether oxygens (including phenoxy) is 1. The fraction of sp³-hybridized carbons (Fsp3) is 0.222. The summed E-state index contributed by atoms with van der Waals surface area (Å²) in [6, 6.07) is 13.7. The van der Waals surface area contributed by atoms with Crippen LogP contribution in [0.25, 0.3) is 0 Å². The van der Waals surface area contributed by atoms with Crippen LogP contribution in [0.1, 0.15) is 24.2 Å². The third kappa shape index (κ3) is 5.28. The van der Waals surface area contributed by atoms with Gasteiger partial charge in [-0.1, -0.05) is 23.7 Å². The first-order valence-corrected chi connectivity index (χ1v) is 7.93. The van der Waals surface area contributed by atoms with Crippen LogP contribution in [0.5, 0.6) is 5.75 Å². The molecule has 2 amide bonds. The molecule has 126 valence electrons. The number of carbonyl (C=O) groups is 2. The molecule has 0 aliphatic carbocycles. The summed E-state index contributed by atoms with van der Waals surface area (Å²) in [6.07, 6.45) is 0.0884. The molecule has 0 heterocycles. The molecule has 2 N–H and O–H groups in total. The van der Waals surface area contributed by atoms with Crippen molar-refractivity contribution in [3.63, 3.8) is 0 Å². The second-order valence-corrected chi connectivity index (χ2v) is 5.81. The molecular formula is C18H19ClN2O3. The molecule has 6 heteroatoms. The minimum absolute atomic E-state index is 0.0884. The average Bonchev–Trinajstić information content (AvgIpc) is 2.54. The molecule has 0 unspecified atom stereocenters. The molecule has 0 aliphatic rings. The summed E-state index contributed by atoms with van der Waals surface area (Å²) < 4.78 is 5.53. The van der Waals surface area contributed by atoms with Crippen molar-refractivity contribution in [1.82, 2.24) is 5.32 Å². The Balaban J connectivity index is 1.85. The monoisotopic (exact) mass is 346 g/mol. The number of carbonyl (C=O) groups excluding carboxylic acids is 2. The van der Waals surface area contributed by atoms with Gasteiger partial charge in [-0.25, -0.2) is 0 Å². The molecule has 0 saturated carbocycles. The summed E-state index contributed by atoms with van der Waals surface area (Å²) in [7, 11) is 0. The van der Waals surface area contributed by atoms with Crippen LogP contribution in [-0.2, 0) is 4.79 Å². The van der Waals surface area contributed by atoms with E-state index in [1.54, 1.807) is 48.5 Å². The lowest BCUT2D eigenvalue weighted by Gasteiger charge is -2.11. The maximum absolute atomic E-state index is 12.0. The highest BCUT2D eigenvalue weighted by Crippen LogP contribution is 2.17. The average molecular weight is 347 g/mol. The van der Waals surface area contributed by atoms with Gasteiger partial charge >= 0.3 is 0 Å². The van der Waals surface area contributed by atoms with E-state index in [-0.39, 0.29) is 18.6 Å². The van der Waals surface area contributed by atoms with Gasteiger partial charge in [0.25, 0.3) is 5.91 Å². The molecule has 0 aromatic heterocycles. The highest BCUT2D eigenvalue weighted by molar-refractivity contribution is 6.33. The van der Waals surface area contributed by atoms with Crippen LogP contribution in [0.3, 0.4) is 0 Å². The number of amides is 2. The lowest BCUT2D eigenvalue weighted by molar-refractivity contribution is -0.115. The van der Waals surface area contributed by atoms with Crippen molar-refractivity contribution in [3.8, 4) is 5.75 Å². The Morgan fingerprint density at radius 1 is 1.08 bits per heavy atom. The van der Waals surface area contributed by atoms with Gasteiger partial charge < -0.3 is 15.4 Å². The van der Waals surface area contributed by atoms with Gasteiger partial charge in [-0.3, -0.25) is 9.59 Å². The molecule has 0 spiro atoms. The molecule has 5 nitrogen and oxygen atoms in total. The zero-order valence-electron chi connectivity index (χ0n) is 13.5. The fourth-order valence-corrected chi connectivity index (χ4v) is 2.22. The fourth-order valence-electron chi connectivity index (χ4n) is 2.00. The minimum atomic E-state index is -0.392. The van der Waals surface area contributed by atoms with E-state index in [0.717, 1.165) is 5.75 Å². The third-order valence-corrected chi connectivity index (χ3v) is 3.37. The van der Waals surface area contributed by atoms with Crippen LogP contribution < -0.4 is 15.4 Å². The Hall–Kier alpha value is -2.53. The van der Waals surface area contributed by atoms with E-state index in [1.165, 1.54) is 0 Å². The molecule has 0 atom stereocenters. The Bertz CT molecular complexity index is 714. The number of anilines is 1.